The van der Waals surface area contributed by atoms with Crippen molar-refractivity contribution in [3.05, 3.63) is 30.1 Å². The van der Waals surface area contributed by atoms with Crippen LogP contribution in [0, 0.1) is 5.82 Å². The summed E-state index contributed by atoms with van der Waals surface area (Å²) in [5.41, 5.74) is 1.05. The van der Waals surface area contributed by atoms with Crippen molar-refractivity contribution in [3.63, 3.8) is 0 Å². The van der Waals surface area contributed by atoms with Crippen molar-refractivity contribution in [1.82, 2.24) is 15.1 Å². The van der Waals surface area contributed by atoms with E-state index in [1.165, 1.54) is 12.1 Å². The van der Waals surface area contributed by atoms with Crippen LogP contribution in [0.2, 0.25) is 0 Å². The smallest absolute Gasteiger partial charge is 0.239 e. The molecular formula is C18H27FN4O. The van der Waals surface area contributed by atoms with Crippen LogP contribution in [0.5, 0.6) is 0 Å². The number of benzene rings is 1. The molecule has 2 fully saturated rings. The summed E-state index contributed by atoms with van der Waals surface area (Å²) in [6.45, 7) is 10.0. The van der Waals surface area contributed by atoms with E-state index < -0.39 is 0 Å². The maximum atomic E-state index is 13.0. The number of carbonyl (C=O) groups is 1. The summed E-state index contributed by atoms with van der Waals surface area (Å²) in [6, 6.07) is 6.93. The van der Waals surface area contributed by atoms with Crippen LogP contribution < -0.4 is 10.2 Å². The number of nitrogens with zero attached hydrogens (tertiary/aromatic N) is 3. The Bertz CT molecular complexity index is 557. The van der Waals surface area contributed by atoms with Crippen molar-refractivity contribution < 1.29 is 9.18 Å². The predicted octanol–water partition coefficient (Wildman–Crippen LogP) is 1.16. The van der Waals surface area contributed by atoms with Gasteiger partial charge in [-0.1, -0.05) is 0 Å². The lowest BCUT2D eigenvalue weighted by Crippen LogP contribution is -2.58. The Hall–Kier alpha value is -1.66. The summed E-state index contributed by atoms with van der Waals surface area (Å²) in [7, 11) is 0. The molecule has 0 bridgehead atoms. The summed E-state index contributed by atoms with van der Waals surface area (Å²) < 4.78 is 13.0. The molecule has 3 rings (SSSR count). The van der Waals surface area contributed by atoms with E-state index >= 15 is 0 Å². The van der Waals surface area contributed by atoms with Crippen LogP contribution in [-0.2, 0) is 4.79 Å². The molecule has 2 unspecified atom stereocenters. The van der Waals surface area contributed by atoms with Gasteiger partial charge in [0.2, 0.25) is 5.91 Å². The van der Waals surface area contributed by atoms with Gasteiger partial charge in [0.05, 0.1) is 6.04 Å². The Kier molecular flexibility index (Phi) is 5.36. The summed E-state index contributed by atoms with van der Waals surface area (Å²) in [4.78, 5) is 19.2. The maximum Gasteiger partial charge on any atom is 0.239 e. The SMILES string of the molecule is CC1CN(C(=O)C(C)N2CCN(c3ccc(F)cc3)CC2)CCN1. The highest BCUT2D eigenvalue weighted by Crippen LogP contribution is 2.18. The Balaban J connectivity index is 1.53. The lowest BCUT2D eigenvalue weighted by molar-refractivity contribution is -0.137. The molecule has 0 saturated carbocycles. The van der Waals surface area contributed by atoms with Crippen LogP contribution in [0.4, 0.5) is 10.1 Å². The van der Waals surface area contributed by atoms with Crippen molar-refractivity contribution in [3.8, 4) is 0 Å². The van der Waals surface area contributed by atoms with E-state index in [-0.39, 0.29) is 17.8 Å². The van der Waals surface area contributed by atoms with Gasteiger partial charge >= 0.3 is 0 Å². The monoisotopic (exact) mass is 334 g/mol. The van der Waals surface area contributed by atoms with Gasteiger partial charge in [0, 0.05) is 57.5 Å². The summed E-state index contributed by atoms with van der Waals surface area (Å²) in [5, 5.41) is 3.37. The second-order valence-electron chi connectivity index (χ2n) is 6.81. The van der Waals surface area contributed by atoms with Gasteiger partial charge < -0.3 is 15.1 Å². The fraction of sp³-hybridized carbons (Fsp3) is 0.611. The Morgan fingerprint density at radius 1 is 1.17 bits per heavy atom. The molecule has 2 aliphatic rings. The van der Waals surface area contributed by atoms with Gasteiger partial charge in [-0.2, -0.15) is 0 Å². The van der Waals surface area contributed by atoms with Gasteiger partial charge in [0.25, 0.3) is 0 Å². The first kappa shape index (κ1) is 17.2. The second kappa shape index (κ2) is 7.49. The molecule has 24 heavy (non-hydrogen) atoms. The van der Waals surface area contributed by atoms with Crippen LogP contribution in [0.1, 0.15) is 13.8 Å². The standard InChI is InChI=1S/C18H27FN4O/c1-14-13-23(8-7-20-14)18(24)15(2)21-9-11-22(12-10-21)17-5-3-16(19)4-6-17/h3-6,14-15,20H,7-13H2,1-2H3. The minimum atomic E-state index is -0.207. The summed E-state index contributed by atoms with van der Waals surface area (Å²) in [5.74, 6) is 0.0282. The first-order valence-electron chi connectivity index (χ1n) is 8.81. The van der Waals surface area contributed by atoms with Gasteiger partial charge in [0.1, 0.15) is 5.82 Å². The number of carbonyl (C=O) groups excluding carboxylic acids is 1. The third kappa shape index (κ3) is 3.87. The highest BCUT2D eigenvalue weighted by atomic mass is 19.1. The molecule has 5 nitrogen and oxygen atoms in total. The molecule has 6 heteroatoms. The van der Waals surface area contributed by atoms with E-state index in [0.717, 1.165) is 51.5 Å². The zero-order valence-corrected chi connectivity index (χ0v) is 14.5. The average Bonchev–Trinajstić information content (AvgIpc) is 2.61. The fourth-order valence-corrected chi connectivity index (χ4v) is 3.57. The largest absolute Gasteiger partial charge is 0.369 e. The van der Waals surface area contributed by atoms with E-state index in [9.17, 15) is 9.18 Å². The van der Waals surface area contributed by atoms with Gasteiger partial charge in [0.15, 0.2) is 0 Å². The van der Waals surface area contributed by atoms with Crippen molar-refractivity contribution in [2.24, 2.45) is 0 Å². The minimum Gasteiger partial charge on any atom is -0.369 e. The fourth-order valence-electron chi connectivity index (χ4n) is 3.57. The van der Waals surface area contributed by atoms with Crippen LogP contribution in [-0.4, -0.2) is 73.6 Å². The zero-order chi connectivity index (χ0) is 17.1. The molecule has 1 N–H and O–H groups in total. The Morgan fingerprint density at radius 2 is 1.83 bits per heavy atom. The van der Waals surface area contributed by atoms with E-state index in [0.29, 0.717) is 6.04 Å². The van der Waals surface area contributed by atoms with E-state index in [1.807, 2.05) is 24.0 Å². The number of hydrogen-bond acceptors (Lipinski definition) is 4. The lowest BCUT2D eigenvalue weighted by atomic mass is 10.1. The molecule has 1 aromatic carbocycles. The Labute approximate surface area is 143 Å². The predicted molar refractivity (Wildman–Crippen MR) is 93.7 cm³/mol. The first-order valence-corrected chi connectivity index (χ1v) is 8.81. The molecule has 2 saturated heterocycles. The van der Waals surface area contributed by atoms with Crippen LogP contribution in [0.15, 0.2) is 24.3 Å². The molecular weight excluding hydrogens is 307 g/mol. The number of anilines is 1. The molecule has 1 amide bonds. The van der Waals surface area contributed by atoms with E-state index in [2.05, 4.69) is 22.0 Å². The highest BCUT2D eigenvalue weighted by molar-refractivity contribution is 5.81. The van der Waals surface area contributed by atoms with E-state index in [4.69, 9.17) is 0 Å². The molecule has 1 aromatic rings. The topological polar surface area (TPSA) is 38.8 Å². The van der Waals surface area contributed by atoms with Gasteiger partial charge in [-0.05, 0) is 38.1 Å². The number of rotatable bonds is 3. The summed E-state index contributed by atoms with van der Waals surface area (Å²) >= 11 is 0. The number of nitrogens with one attached hydrogen (secondary N) is 1. The molecule has 2 atom stereocenters. The average molecular weight is 334 g/mol. The van der Waals surface area contributed by atoms with Gasteiger partial charge in [-0.3, -0.25) is 9.69 Å². The third-order valence-electron chi connectivity index (χ3n) is 5.09. The summed E-state index contributed by atoms with van der Waals surface area (Å²) in [6.07, 6.45) is 0. The van der Waals surface area contributed by atoms with E-state index in [1.54, 1.807) is 0 Å². The Morgan fingerprint density at radius 3 is 2.46 bits per heavy atom. The molecule has 2 aliphatic heterocycles. The molecule has 2 heterocycles. The molecule has 0 radical (unpaired) electrons. The van der Waals surface area contributed by atoms with Crippen LogP contribution in [0.3, 0.4) is 0 Å². The quantitative estimate of drug-likeness (QED) is 0.900. The molecule has 0 aliphatic carbocycles. The molecule has 132 valence electrons. The van der Waals surface area contributed by atoms with Crippen molar-refractivity contribution in [1.29, 1.82) is 0 Å². The van der Waals surface area contributed by atoms with Gasteiger partial charge in [-0.25, -0.2) is 4.39 Å². The highest BCUT2D eigenvalue weighted by Gasteiger charge is 2.30. The first-order chi connectivity index (χ1) is 11.5. The maximum absolute atomic E-state index is 13.0. The van der Waals surface area contributed by atoms with Crippen LogP contribution >= 0.6 is 0 Å². The van der Waals surface area contributed by atoms with Crippen molar-refractivity contribution in [2.45, 2.75) is 25.9 Å². The minimum absolute atomic E-state index is 0.0781. The molecule has 0 aromatic heterocycles. The third-order valence-corrected chi connectivity index (χ3v) is 5.09. The van der Waals surface area contributed by atoms with Crippen molar-refractivity contribution in [2.75, 3.05) is 50.7 Å². The number of hydrogen-bond donors (Lipinski definition) is 1. The van der Waals surface area contributed by atoms with Crippen LogP contribution in [0.25, 0.3) is 0 Å². The van der Waals surface area contributed by atoms with Gasteiger partial charge in [-0.15, -0.1) is 0 Å². The number of amides is 1. The zero-order valence-electron chi connectivity index (χ0n) is 14.5. The lowest BCUT2D eigenvalue weighted by Gasteiger charge is -2.41. The number of halogens is 1. The number of piperazine rings is 2. The van der Waals surface area contributed by atoms with Crippen molar-refractivity contribution >= 4 is 11.6 Å². The normalized spacial score (nSPS) is 24.0. The second-order valence-corrected chi connectivity index (χ2v) is 6.81. The molecule has 0 spiro atoms.